The zero-order valence-electron chi connectivity index (χ0n) is 44.9. The van der Waals surface area contributed by atoms with Crippen molar-refractivity contribution in [2.45, 2.75) is 41.5 Å². The van der Waals surface area contributed by atoms with Crippen LogP contribution < -0.4 is 0 Å². The van der Waals surface area contributed by atoms with Crippen molar-refractivity contribution >= 4 is 0 Å². The Morgan fingerprint density at radius 3 is 1.03 bits per heavy atom. The lowest BCUT2D eigenvalue weighted by Crippen LogP contribution is -1.88. The van der Waals surface area contributed by atoms with Gasteiger partial charge in [0.15, 0.2) is 0 Å². The van der Waals surface area contributed by atoms with Gasteiger partial charge in [0.05, 0.1) is 34.2 Å². The van der Waals surface area contributed by atoms with Crippen molar-refractivity contribution in [2.75, 3.05) is 0 Å². The Kier molecular flexibility index (Phi) is 21.7. The second-order valence-corrected chi connectivity index (χ2v) is 17.7. The molecule has 0 saturated carbocycles. The lowest BCUT2D eigenvalue weighted by atomic mass is 10.0. The minimum atomic E-state index is 0.931. The number of hydrogen-bond acceptors (Lipinski definition) is 10. The van der Waals surface area contributed by atoms with Crippen LogP contribution in [-0.2, 0) is 0 Å². The summed E-state index contributed by atoms with van der Waals surface area (Å²) in [6.07, 6.45) is 25.3. The van der Waals surface area contributed by atoms with Crippen LogP contribution in [0.1, 0.15) is 33.4 Å². The Morgan fingerprint density at radius 1 is 0.205 bits per heavy atom. The molecule has 0 spiro atoms. The molecule has 0 aliphatic heterocycles. The van der Waals surface area contributed by atoms with Crippen molar-refractivity contribution in [3.63, 3.8) is 0 Å². The van der Waals surface area contributed by atoms with Crippen LogP contribution in [-0.4, -0.2) is 49.8 Å². The molecule has 78 heavy (non-hydrogen) atoms. The van der Waals surface area contributed by atoms with Gasteiger partial charge in [0.1, 0.15) is 0 Å². The summed E-state index contributed by atoms with van der Waals surface area (Å²) in [4.78, 5) is 42.0. The molecule has 384 valence electrons. The average molecular weight is 1020 g/mol. The molecule has 0 unspecified atom stereocenters. The summed E-state index contributed by atoms with van der Waals surface area (Å²) in [6, 6.07) is 60.2. The van der Waals surface area contributed by atoms with E-state index in [4.69, 9.17) is 0 Å². The molecule has 0 saturated heterocycles. The van der Waals surface area contributed by atoms with E-state index >= 15 is 0 Å². The largest absolute Gasteiger partial charge is 0.265 e. The lowest BCUT2D eigenvalue weighted by Gasteiger charge is -2.03. The summed E-state index contributed by atoms with van der Waals surface area (Å²) in [6.45, 7) is 12.4. The molecule has 10 nitrogen and oxygen atoms in total. The summed E-state index contributed by atoms with van der Waals surface area (Å²) in [5.74, 6) is 0. The molecule has 0 bridgehead atoms. The molecule has 0 fully saturated rings. The maximum atomic E-state index is 4.35. The average Bonchev–Trinajstić information content (AvgIpc) is 3.50. The smallest absolute Gasteiger partial charge is 0.0915 e. The lowest BCUT2D eigenvalue weighted by molar-refractivity contribution is 1.21. The number of benzene rings is 2. The second-order valence-electron chi connectivity index (χ2n) is 17.7. The highest BCUT2D eigenvalue weighted by atomic mass is 14.8. The van der Waals surface area contributed by atoms with Gasteiger partial charge in [-0.15, -0.1) is 0 Å². The summed E-state index contributed by atoms with van der Waals surface area (Å²) < 4.78 is 0. The minimum absolute atomic E-state index is 0.931. The molecule has 0 aliphatic carbocycles. The van der Waals surface area contributed by atoms with Gasteiger partial charge in [-0.05, 0) is 165 Å². The van der Waals surface area contributed by atoms with E-state index in [0.29, 0.717) is 0 Å². The first-order valence-electron chi connectivity index (χ1n) is 25.5. The SMILES string of the molecule is Cc1cccnc1-c1ccccc1.Cc1cccnc1-c1ccccn1.Cc1cccnc1-c1cccnc1.Cc1cccnc1-c1ccncc1.Cc1ccncc1-c1ccccc1.Cc1ccncc1-c1ccccn1. The van der Waals surface area contributed by atoms with Gasteiger partial charge in [-0.2, -0.15) is 0 Å². The van der Waals surface area contributed by atoms with Crippen LogP contribution in [0.3, 0.4) is 0 Å². The Balaban J connectivity index is 0.000000136. The normalized spacial score (nSPS) is 9.92. The van der Waals surface area contributed by atoms with Crippen molar-refractivity contribution in [1.82, 2.24) is 49.8 Å². The standard InChI is InChI=1S/2C12H11N.4C11H10N2/c1-10-6-5-9-13-12(10)11-7-3-2-4-8-11;1-10-7-8-13-9-12(10)11-5-3-2-4-6-11;1-9-4-2-7-13-11(9)10-5-3-6-12-8-10;1-9-3-2-6-13-11(9)10-4-7-12-8-5-10;1-9-5-4-8-13-11(9)10-6-2-3-7-12-10;1-9-5-7-12-8-10(9)11-4-2-3-6-13-11/h2*2-9H,1H3;4*2-8H,1H3. The van der Waals surface area contributed by atoms with E-state index in [2.05, 4.69) is 127 Å². The fourth-order valence-corrected chi connectivity index (χ4v) is 7.87. The topological polar surface area (TPSA) is 129 Å². The van der Waals surface area contributed by atoms with E-state index < -0.39 is 0 Å². The molecule has 10 heterocycles. The highest BCUT2D eigenvalue weighted by molar-refractivity contribution is 5.66. The quantitative estimate of drug-likeness (QED) is 0.159. The molecule has 2 aromatic carbocycles. The number of aromatic nitrogens is 10. The summed E-state index contributed by atoms with van der Waals surface area (Å²) in [5, 5.41) is 0. The van der Waals surface area contributed by atoms with E-state index in [0.717, 1.165) is 56.4 Å². The molecule has 0 atom stereocenters. The van der Waals surface area contributed by atoms with Crippen LogP contribution in [0.25, 0.3) is 67.5 Å². The van der Waals surface area contributed by atoms with E-state index in [1.54, 1.807) is 49.6 Å². The minimum Gasteiger partial charge on any atom is -0.265 e. The maximum absolute atomic E-state index is 4.35. The van der Waals surface area contributed by atoms with Gasteiger partial charge < -0.3 is 0 Å². The first-order valence-corrected chi connectivity index (χ1v) is 25.5. The third-order valence-corrected chi connectivity index (χ3v) is 12.0. The van der Waals surface area contributed by atoms with Crippen LogP contribution in [0.4, 0.5) is 0 Å². The highest BCUT2D eigenvalue weighted by Crippen LogP contribution is 2.24. The first-order chi connectivity index (χ1) is 38.3. The fourth-order valence-electron chi connectivity index (χ4n) is 7.87. The number of pyridine rings is 10. The fraction of sp³-hybridized carbons (Fsp3) is 0.0882. The van der Waals surface area contributed by atoms with Crippen molar-refractivity contribution < 1.29 is 0 Å². The number of hydrogen-bond donors (Lipinski definition) is 0. The predicted molar refractivity (Wildman–Crippen MR) is 318 cm³/mol. The van der Waals surface area contributed by atoms with Gasteiger partial charge >= 0.3 is 0 Å². The molecular formula is C68H62N10. The van der Waals surface area contributed by atoms with Gasteiger partial charge in [-0.25, -0.2) is 0 Å². The molecule has 0 amide bonds. The van der Waals surface area contributed by atoms with Crippen molar-refractivity contribution in [1.29, 1.82) is 0 Å². The Morgan fingerprint density at radius 2 is 0.577 bits per heavy atom. The highest BCUT2D eigenvalue weighted by Gasteiger charge is 2.05. The molecule has 12 rings (SSSR count). The maximum Gasteiger partial charge on any atom is 0.0915 e. The van der Waals surface area contributed by atoms with E-state index in [1.807, 2.05) is 184 Å². The predicted octanol–water partition coefficient (Wildman–Crippen LogP) is 15.9. The van der Waals surface area contributed by atoms with Gasteiger partial charge in [-0.1, -0.05) is 97.1 Å². The Hall–Kier alpha value is -10.1. The number of aryl methyl sites for hydroxylation is 6. The number of nitrogens with zero attached hydrogens (tertiary/aromatic N) is 10. The zero-order valence-corrected chi connectivity index (χ0v) is 44.9. The third kappa shape index (κ3) is 17.0. The molecule has 12 aromatic rings. The third-order valence-electron chi connectivity index (χ3n) is 12.0. The summed E-state index contributed by atoms with van der Waals surface area (Å²) in [7, 11) is 0. The molecule has 0 N–H and O–H groups in total. The van der Waals surface area contributed by atoms with Gasteiger partial charge in [0.2, 0.25) is 0 Å². The van der Waals surface area contributed by atoms with Crippen molar-refractivity contribution in [3.8, 4) is 67.5 Å². The van der Waals surface area contributed by atoms with Crippen LogP contribution in [0.2, 0.25) is 0 Å². The molecule has 10 aromatic heterocycles. The Bertz CT molecular complexity index is 3000. The molecule has 0 radical (unpaired) electrons. The summed E-state index contributed by atoms with van der Waals surface area (Å²) in [5.41, 5.74) is 20.1. The zero-order chi connectivity index (χ0) is 54.6. The van der Waals surface area contributed by atoms with Crippen molar-refractivity contribution in [2.24, 2.45) is 0 Å². The van der Waals surface area contributed by atoms with Crippen molar-refractivity contribution in [3.05, 3.63) is 302 Å². The Labute approximate surface area is 458 Å². The van der Waals surface area contributed by atoms with E-state index in [1.165, 1.54) is 44.5 Å². The monoisotopic (exact) mass is 1020 g/mol. The van der Waals surface area contributed by atoms with Gasteiger partial charge in [-0.3, -0.25) is 49.8 Å². The van der Waals surface area contributed by atoms with E-state index in [-0.39, 0.29) is 0 Å². The van der Waals surface area contributed by atoms with Crippen LogP contribution in [0.15, 0.2) is 269 Å². The molecular weight excluding hydrogens is 957 g/mol. The van der Waals surface area contributed by atoms with Crippen LogP contribution in [0.5, 0.6) is 0 Å². The van der Waals surface area contributed by atoms with Crippen LogP contribution >= 0.6 is 0 Å². The number of rotatable bonds is 6. The molecule has 0 aliphatic rings. The van der Waals surface area contributed by atoms with Gasteiger partial charge in [0.25, 0.3) is 0 Å². The van der Waals surface area contributed by atoms with E-state index in [9.17, 15) is 0 Å². The van der Waals surface area contributed by atoms with Gasteiger partial charge in [0, 0.05) is 115 Å². The first kappa shape index (κ1) is 55.7. The van der Waals surface area contributed by atoms with Crippen LogP contribution in [0, 0.1) is 41.5 Å². The second kappa shape index (κ2) is 30.3. The summed E-state index contributed by atoms with van der Waals surface area (Å²) >= 11 is 0. The molecule has 10 heteroatoms.